The van der Waals surface area contributed by atoms with E-state index in [1.807, 2.05) is 18.2 Å². The smallest absolute Gasteiger partial charge is 0.0722 e. The summed E-state index contributed by atoms with van der Waals surface area (Å²) in [6.45, 7) is 8.19. The quantitative estimate of drug-likeness (QED) is 0.772. The Kier molecular flexibility index (Phi) is 5.44. The van der Waals surface area contributed by atoms with Gasteiger partial charge in [-0.05, 0) is 24.5 Å². The van der Waals surface area contributed by atoms with Gasteiger partial charge in [0.2, 0.25) is 0 Å². The van der Waals surface area contributed by atoms with E-state index in [4.69, 9.17) is 4.74 Å². The highest BCUT2D eigenvalue weighted by Gasteiger charge is 2.19. The SMILES string of the molecule is CC(C)CC(C#Cc1ccccc1)N1CCOCC1. The number of nitrogens with zero attached hydrogens (tertiary/aromatic N) is 1. The lowest BCUT2D eigenvalue weighted by molar-refractivity contribution is 0.0239. The van der Waals surface area contributed by atoms with Crippen LogP contribution in [0, 0.1) is 17.8 Å². The number of morpholine rings is 1. The van der Waals surface area contributed by atoms with Gasteiger partial charge >= 0.3 is 0 Å². The van der Waals surface area contributed by atoms with Crippen LogP contribution in [0.2, 0.25) is 0 Å². The van der Waals surface area contributed by atoms with Crippen LogP contribution in [0.1, 0.15) is 25.8 Å². The molecule has 0 bridgehead atoms. The van der Waals surface area contributed by atoms with E-state index >= 15 is 0 Å². The molecular weight excluding hydrogens is 234 g/mol. The number of benzene rings is 1. The van der Waals surface area contributed by atoms with Gasteiger partial charge in [-0.25, -0.2) is 0 Å². The molecule has 0 aromatic heterocycles. The van der Waals surface area contributed by atoms with Gasteiger partial charge < -0.3 is 4.74 Å². The average molecular weight is 257 g/mol. The van der Waals surface area contributed by atoms with Crippen molar-refractivity contribution in [1.29, 1.82) is 0 Å². The molecule has 1 aliphatic heterocycles. The summed E-state index contributed by atoms with van der Waals surface area (Å²) in [4.78, 5) is 2.46. The fourth-order valence-corrected chi connectivity index (χ4v) is 2.32. The minimum absolute atomic E-state index is 0.351. The zero-order valence-electron chi connectivity index (χ0n) is 11.9. The summed E-state index contributed by atoms with van der Waals surface area (Å²) >= 11 is 0. The molecule has 1 heterocycles. The molecule has 2 nitrogen and oxygen atoms in total. The monoisotopic (exact) mass is 257 g/mol. The van der Waals surface area contributed by atoms with Crippen molar-refractivity contribution < 1.29 is 4.74 Å². The maximum Gasteiger partial charge on any atom is 0.0722 e. The standard InChI is InChI=1S/C17H23NO/c1-15(2)14-17(18-10-12-19-13-11-18)9-8-16-6-4-3-5-7-16/h3-7,15,17H,10-14H2,1-2H3. The molecule has 0 N–H and O–H groups in total. The molecule has 1 aromatic carbocycles. The maximum atomic E-state index is 5.43. The van der Waals surface area contributed by atoms with Crippen molar-refractivity contribution in [3.8, 4) is 11.8 Å². The Labute approximate surface area is 116 Å². The molecule has 0 radical (unpaired) electrons. The Hall–Kier alpha value is -1.30. The van der Waals surface area contributed by atoms with Crippen molar-refractivity contribution in [1.82, 2.24) is 4.90 Å². The molecule has 0 saturated carbocycles. The largest absolute Gasteiger partial charge is 0.379 e. The predicted octanol–water partition coefficient (Wildman–Crippen LogP) is 2.79. The summed E-state index contributed by atoms with van der Waals surface area (Å²) in [5, 5.41) is 0. The second-order valence-electron chi connectivity index (χ2n) is 5.43. The highest BCUT2D eigenvalue weighted by molar-refractivity contribution is 5.34. The van der Waals surface area contributed by atoms with Crippen molar-refractivity contribution in [3.05, 3.63) is 35.9 Å². The van der Waals surface area contributed by atoms with E-state index in [0.717, 1.165) is 38.3 Å². The van der Waals surface area contributed by atoms with Crippen LogP contribution < -0.4 is 0 Å². The highest BCUT2D eigenvalue weighted by atomic mass is 16.5. The first kappa shape index (κ1) is 14.1. The summed E-state index contributed by atoms with van der Waals surface area (Å²) < 4.78 is 5.43. The molecule has 2 heteroatoms. The zero-order chi connectivity index (χ0) is 13.5. The Morgan fingerprint density at radius 3 is 2.47 bits per heavy atom. The molecule has 1 fully saturated rings. The van der Waals surface area contributed by atoms with Crippen molar-refractivity contribution >= 4 is 0 Å². The van der Waals surface area contributed by atoms with Gasteiger partial charge in [0.1, 0.15) is 0 Å². The number of hydrogen-bond acceptors (Lipinski definition) is 2. The van der Waals surface area contributed by atoms with Crippen LogP contribution in [0.25, 0.3) is 0 Å². The fraction of sp³-hybridized carbons (Fsp3) is 0.529. The van der Waals surface area contributed by atoms with Crippen LogP contribution in [0.15, 0.2) is 30.3 Å². The summed E-state index contributed by atoms with van der Waals surface area (Å²) in [7, 11) is 0. The molecular formula is C17H23NO. The number of ether oxygens (including phenoxy) is 1. The van der Waals surface area contributed by atoms with Crippen LogP contribution >= 0.6 is 0 Å². The Balaban J connectivity index is 2.07. The summed E-state index contributed by atoms with van der Waals surface area (Å²) in [6.07, 6.45) is 1.12. The Morgan fingerprint density at radius 2 is 1.84 bits per heavy atom. The second kappa shape index (κ2) is 7.33. The van der Waals surface area contributed by atoms with E-state index in [-0.39, 0.29) is 0 Å². The van der Waals surface area contributed by atoms with Gasteiger partial charge in [0.05, 0.1) is 19.3 Å². The number of hydrogen-bond donors (Lipinski definition) is 0. The summed E-state index contributed by atoms with van der Waals surface area (Å²) in [5.41, 5.74) is 1.10. The highest BCUT2D eigenvalue weighted by Crippen LogP contribution is 2.13. The molecule has 2 rings (SSSR count). The molecule has 0 amide bonds. The van der Waals surface area contributed by atoms with Crippen LogP contribution in [0.3, 0.4) is 0 Å². The molecule has 19 heavy (non-hydrogen) atoms. The first-order valence-electron chi connectivity index (χ1n) is 7.14. The van der Waals surface area contributed by atoms with Gasteiger partial charge in [0.15, 0.2) is 0 Å². The van der Waals surface area contributed by atoms with Crippen LogP contribution in [0.5, 0.6) is 0 Å². The predicted molar refractivity (Wildman–Crippen MR) is 79.0 cm³/mol. The van der Waals surface area contributed by atoms with Gasteiger partial charge in [-0.3, -0.25) is 4.90 Å². The van der Waals surface area contributed by atoms with E-state index in [1.54, 1.807) is 0 Å². The normalized spacial score (nSPS) is 17.8. The molecule has 0 aliphatic carbocycles. The zero-order valence-corrected chi connectivity index (χ0v) is 11.9. The van der Waals surface area contributed by atoms with Crippen LogP contribution in [0.4, 0.5) is 0 Å². The maximum absolute atomic E-state index is 5.43. The lowest BCUT2D eigenvalue weighted by Gasteiger charge is -2.32. The molecule has 1 atom stereocenters. The van der Waals surface area contributed by atoms with Gasteiger partial charge in [-0.2, -0.15) is 0 Å². The van der Waals surface area contributed by atoms with Crippen molar-refractivity contribution in [2.75, 3.05) is 26.3 Å². The third-order valence-electron chi connectivity index (χ3n) is 3.34. The molecule has 1 aromatic rings. The minimum Gasteiger partial charge on any atom is -0.379 e. The Morgan fingerprint density at radius 1 is 1.16 bits per heavy atom. The Bertz CT molecular complexity index is 424. The number of rotatable bonds is 3. The van der Waals surface area contributed by atoms with E-state index in [2.05, 4.69) is 42.7 Å². The van der Waals surface area contributed by atoms with Gasteiger partial charge in [0, 0.05) is 18.7 Å². The average Bonchev–Trinajstić information content (AvgIpc) is 2.45. The third-order valence-corrected chi connectivity index (χ3v) is 3.34. The second-order valence-corrected chi connectivity index (χ2v) is 5.43. The van der Waals surface area contributed by atoms with Crippen LogP contribution in [-0.4, -0.2) is 37.2 Å². The first-order valence-corrected chi connectivity index (χ1v) is 7.14. The van der Waals surface area contributed by atoms with E-state index < -0.39 is 0 Å². The van der Waals surface area contributed by atoms with E-state index in [1.165, 1.54) is 0 Å². The summed E-state index contributed by atoms with van der Waals surface area (Å²) in [6, 6.07) is 10.6. The lowest BCUT2D eigenvalue weighted by Crippen LogP contribution is -2.43. The van der Waals surface area contributed by atoms with Gasteiger partial charge in [0.25, 0.3) is 0 Å². The molecule has 1 aliphatic rings. The summed E-state index contributed by atoms with van der Waals surface area (Å²) in [5.74, 6) is 7.44. The van der Waals surface area contributed by atoms with Gasteiger partial charge in [-0.15, -0.1) is 0 Å². The lowest BCUT2D eigenvalue weighted by atomic mass is 10.0. The fourth-order valence-electron chi connectivity index (χ4n) is 2.32. The first-order chi connectivity index (χ1) is 9.25. The van der Waals surface area contributed by atoms with Crippen molar-refractivity contribution in [2.45, 2.75) is 26.3 Å². The van der Waals surface area contributed by atoms with Crippen LogP contribution in [-0.2, 0) is 4.74 Å². The van der Waals surface area contributed by atoms with E-state index in [0.29, 0.717) is 12.0 Å². The molecule has 0 spiro atoms. The minimum atomic E-state index is 0.351. The van der Waals surface area contributed by atoms with Gasteiger partial charge in [-0.1, -0.05) is 43.9 Å². The van der Waals surface area contributed by atoms with Crippen molar-refractivity contribution in [2.24, 2.45) is 5.92 Å². The van der Waals surface area contributed by atoms with E-state index in [9.17, 15) is 0 Å². The van der Waals surface area contributed by atoms with Crippen molar-refractivity contribution in [3.63, 3.8) is 0 Å². The molecule has 1 unspecified atom stereocenters. The topological polar surface area (TPSA) is 12.5 Å². The molecule has 1 saturated heterocycles. The third kappa shape index (κ3) is 4.70. The molecule has 102 valence electrons.